The van der Waals surface area contributed by atoms with Crippen molar-refractivity contribution >= 4 is 5.97 Å². The highest BCUT2D eigenvalue weighted by Crippen LogP contribution is 2.29. The molecule has 3 N–H and O–H groups in total. The summed E-state index contributed by atoms with van der Waals surface area (Å²) in [5, 5.41) is 16.4. The van der Waals surface area contributed by atoms with Crippen molar-refractivity contribution in [2.24, 2.45) is 0 Å². The summed E-state index contributed by atoms with van der Waals surface area (Å²) in [6.45, 7) is 3.98. The van der Waals surface area contributed by atoms with E-state index in [-0.39, 0.29) is 17.5 Å². The number of phenols is 1. The molecule has 1 saturated heterocycles. The summed E-state index contributed by atoms with van der Waals surface area (Å²) in [6.07, 6.45) is 0. The molecule has 1 aliphatic rings. The van der Waals surface area contributed by atoms with E-state index in [1.807, 2.05) is 6.07 Å². The molecule has 0 radical (unpaired) electrons. The molecule has 0 aliphatic carbocycles. The van der Waals surface area contributed by atoms with Crippen LogP contribution in [0.25, 0.3) is 0 Å². The van der Waals surface area contributed by atoms with Gasteiger partial charge in [0.2, 0.25) is 0 Å². The first-order chi connectivity index (χ1) is 8.16. The first-order valence-corrected chi connectivity index (χ1v) is 5.62. The van der Waals surface area contributed by atoms with Crippen molar-refractivity contribution in [3.8, 4) is 11.5 Å². The first kappa shape index (κ1) is 11.9. The van der Waals surface area contributed by atoms with Gasteiger partial charge in [0.15, 0.2) is 11.5 Å². The van der Waals surface area contributed by atoms with E-state index in [1.54, 1.807) is 12.1 Å². The molecule has 1 aromatic carbocycles. The van der Waals surface area contributed by atoms with Gasteiger partial charge in [-0.2, -0.15) is 0 Å². The Kier molecular flexibility index (Phi) is 3.61. The highest BCUT2D eigenvalue weighted by atomic mass is 16.5. The van der Waals surface area contributed by atoms with Crippen molar-refractivity contribution in [1.29, 1.82) is 0 Å². The predicted molar refractivity (Wildman–Crippen MR) is 63.0 cm³/mol. The van der Waals surface area contributed by atoms with Gasteiger partial charge in [-0.1, -0.05) is 6.07 Å². The monoisotopic (exact) mass is 236 g/mol. The molecule has 0 unspecified atom stereocenters. The summed E-state index contributed by atoms with van der Waals surface area (Å²) < 4.78 is 4.86. The minimum Gasteiger partial charge on any atom is -0.504 e. The van der Waals surface area contributed by atoms with E-state index < -0.39 is 5.97 Å². The van der Waals surface area contributed by atoms with E-state index in [0.29, 0.717) is 0 Å². The SMILES string of the molecule is CC(=O)Oc1ccc([C@@H]2CNCCN2)cc1O. The number of esters is 1. The molecule has 1 fully saturated rings. The number of ether oxygens (including phenoxy) is 1. The van der Waals surface area contributed by atoms with Crippen LogP contribution in [0.4, 0.5) is 0 Å². The number of benzene rings is 1. The van der Waals surface area contributed by atoms with E-state index >= 15 is 0 Å². The second-order valence-electron chi connectivity index (χ2n) is 4.03. The molecule has 1 aliphatic heterocycles. The summed E-state index contributed by atoms with van der Waals surface area (Å²) in [5.41, 5.74) is 0.977. The van der Waals surface area contributed by atoms with Crippen molar-refractivity contribution in [3.63, 3.8) is 0 Å². The molecular weight excluding hydrogens is 220 g/mol. The summed E-state index contributed by atoms with van der Waals surface area (Å²) in [4.78, 5) is 10.8. The summed E-state index contributed by atoms with van der Waals surface area (Å²) in [7, 11) is 0. The molecule has 0 spiro atoms. The average Bonchev–Trinajstić information content (AvgIpc) is 2.32. The van der Waals surface area contributed by atoms with Gasteiger partial charge in [-0.15, -0.1) is 0 Å². The minimum atomic E-state index is -0.439. The number of aromatic hydroxyl groups is 1. The lowest BCUT2D eigenvalue weighted by Crippen LogP contribution is -2.42. The van der Waals surface area contributed by atoms with Crippen LogP contribution >= 0.6 is 0 Å². The molecular formula is C12H16N2O3. The molecule has 2 rings (SSSR count). The van der Waals surface area contributed by atoms with Gasteiger partial charge < -0.3 is 20.5 Å². The zero-order chi connectivity index (χ0) is 12.3. The van der Waals surface area contributed by atoms with Crippen LogP contribution in [0, 0.1) is 0 Å². The molecule has 0 saturated carbocycles. The first-order valence-electron chi connectivity index (χ1n) is 5.62. The van der Waals surface area contributed by atoms with Crippen molar-refractivity contribution in [1.82, 2.24) is 10.6 Å². The largest absolute Gasteiger partial charge is 0.504 e. The van der Waals surface area contributed by atoms with Gasteiger partial charge in [-0.3, -0.25) is 4.79 Å². The molecule has 5 heteroatoms. The molecule has 0 amide bonds. The molecule has 1 heterocycles. The van der Waals surface area contributed by atoms with Crippen LogP contribution in [0.3, 0.4) is 0 Å². The number of piperazine rings is 1. The van der Waals surface area contributed by atoms with Gasteiger partial charge in [0, 0.05) is 32.6 Å². The van der Waals surface area contributed by atoms with Crippen LogP contribution in [-0.2, 0) is 4.79 Å². The second kappa shape index (κ2) is 5.16. The number of nitrogens with one attached hydrogen (secondary N) is 2. The standard InChI is InChI=1S/C12H16N2O3/c1-8(15)17-12-3-2-9(6-11(12)16)10-7-13-4-5-14-10/h2-3,6,10,13-14,16H,4-5,7H2,1H3/t10-/m0/s1. The zero-order valence-corrected chi connectivity index (χ0v) is 9.69. The molecule has 0 bridgehead atoms. The Morgan fingerprint density at radius 2 is 2.29 bits per heavy atom. The quantitative estimate of drug-likeness (QED) is 0.517. The number of hydrogen-bond acceptors (Lipinski definition) is 5. The average molecular weight is 236 g/mol. The topological polar surface area (TPSA) is 70.6 Å². The maximum absolute atomic E-state index is 10.8. The van der Waals surface area contributed by atoms with Crippen LogP contribution in [0.2, 0.25) is 0 Å². The Labute approximate surface area is 99.8 Å². The van der Waals surface area contributed by atoms with Crippen molar-refractivity contribution in [3.05, 3.63) is 23.8 Å². The summed E-state index contributed by atoms with van der Waals surface area (Å²) in [5.74, 6) is -0.249. The van der Waals surface area contributed by atoms with E-state index in [1.165, 1.54) is 6.92 Å². The number of carbonyl (C=O) groups excluding carboxylic acids is 1. The van der Waals surface area contributed by atoms with E-state index in [0.717, 1.165) is 25.2 Å². The van der Waals surface area contributed by atoms with E-state index in [9.17, 15) is 9.90 Å². The van der Waals surface area contributed by atoms with Crippen LogP contribution in [0.15, 0.2) is 18.2 Å². The maximum Gasteiger partial charge on any atom is 0.308 e. The van der Waals surface area contributed by atoms with Gasteiger partial charge in [0.05, 0.1) is 0 Å². The predicted octanol–water partition coefficient (Wildman–Crippen LogP) is 0.551. The third kappa shape index (κ3) is 2.95. The van der Waals surface area contributed by atoms with Crippen LogP contribution in [0.5, 0.6) is 11.5 Å². The second-order valence-corrected chi connectivity index (χ2v) is 4.03. The van der Waals surface area contributed by atoms with Gasteiger partial charge in [0.25, 0.3) is 0 Å². The molecule has 5 nitrogen and oxygen atoms in total. The Morgan fingerprint density at radius 1 is 1.47 bits per heavy atom. The van der Waals surface area contributed by atoms with Gasteiger partial charge >= 0.3 is 5.97 Å². The van der Waals surface area contributed by atoms with Crippen molar-refractivity contribution in [2.75, 3.05) is 19.6 Å². The Bertz CT molecular complexity index is 414. The maximum atomic E-state index is 10.8. The lowest BCUT2D eigenvalue weighted by Gasteiger charge is -2.25. The van der Waals surface area contributed by atoms with E-state index in [2.05, 4.69) is 10.6 Å². The summed E-state index contributed by atoms with van der Waals surface area (Å²) in [6, 6.07) is 5.27. The highest BCUT2D eigenvalue weighted by molar-refractivity contribution is 5.70. The fourth-order valence-corrected chi connectivity index (χ4v) is 1.88. The lowest BCUT2D eigenvalue weighted by molar-refractivity contribution is -0.132. The molecule has 17 heavy (non-hydrogen) atoms. The van der Waals surface area contributed by atoms with Gasteiger partial charge in [-0.05, 0) is 17.7 Å². The van der Waals surface area contributed by atoms with Gasteiger partial charge in [-0.25, -0.2) is 0 Å². The van der Waals surface area contributed by atoms with Crippen LogP contribution in [-0.4, -0.2) is 30.7 Å². The highest BCUT2D eigenvalue weighted by Gasteiger charge is 2.16. The Hall–Kier alpha value is -1.59. The number of hydrogen-bond donors (Lipinski definition) is 3. The molecule has 92 valence electrons. The third-order valence-electron chi connectivity index (χ3n) is 2.68. The normalized spacial score (nSPS) is 19.9. The molecule has 1 aromatic rings. The van der Waals surface area contributed by atoms with Crippen LogP contribution < -0.4 is 15.4 Å². The van der Waals surface area contributed by atoms with Gasteiger partial charge in [0.1, 0.15) is 0 Å². The van der Waals surface area contributed by atoms with Crippen LogP contribution in [0.1, 0.15) is 18.5 Å². The lowest BCUT2D eigenvalue weighted by atomic mass is 10.0. The van der Waals surface area contributed by atoms with Crippen molar-refractivity contribution < 1.29 is 14.6 Å². The smallest absolute Gasteiger partial charge is 0.308 e. The molecule has 1 atom stereocenters. The third-order valence-corrected chi connectivity index (χ3v) is 2.68. The number of rotatable bonds is 2. The Morgan fingerprint density at radius 3 is 2.88 bits per heavy atom. The number of phenolic OH excluding ortho intramolecular Hbond substituents is 1. The molecule has 0 aromatic heterocycles. The zero-order valence-electron chi connectivity index (χ0n) is 9.69. The minimum absolute atomic E-state index is 0.00919. The summed E-state index contributed by atoms with van der Waals surface area (Å²) >= 11 is 0. The van der Waals surface area contributed by atoms with Crippen molar-refractivity contribution in [2.45, 2.75) is 13.0 Å². The Balaban J connectivity index is 2.14. The van der Waals surface area contributed by atoms with E-state index in [4.69, 9.17) is 4.74 Å². The fraction of sp³-hybridized carbons (Fsp3) is 0.417. The number of carbonyl (C=O) groups is 1. The fourth-order valence-electron chi connectivity index (χ4n) is 1.88.